The van der Waals surface area contributed by atoms with E-state index in [1.165, 1.54) is 0 Å². The zero-order valence-corrected chi connectivity index (χ0v) is 8.46. The molecule has 0 aliphatic carbocycles. The van der Waals surface area contributed by atoms with Gasteiger partial charge in [0.05, 0.1) is 0 Å². The summed E-state index contributed by atoms with van der Waals surface area (Å²) in [6, 6.07) is 8.15. The first-order valence-corrected chi connectivity index (χ1v) is 4.65. The van der Waals surface area contributed by atoms with E-state index < -0.39 is 0 Å². The van der Waals surface area contributed by atoms with Crippen molar-refractivity contribution in [3.05, 3.63) is 35.4 Å². The monoisotopic (exact) mass is 176 g/mol. The van der Waals surface area contributed by atoms with Crippen LogP contribution in [-0.2, 0) is 0 Å². The second-order valence-corrected chi connectivity index (χ2v) is 3.69. The van der Waals surface area contributed by atoms with E-state index in [4.69, 9.17) is 15.7 Å². The Hall–Kier alpha value is -1.17. The van der Waals surface area contributed by atoms with Gasteiger partial charge in [-0.2, -0.15) is 0 Å². The van der Waals surface area contributed by atoms with Crippen LogP contribution in [0.5, 0.6) is 0 Å². The van der Waals surface area contributed by atoms with Crippen LogP contribution in [0.2, 0.25) is 0 Å². The lowest BCUT2D eigenvalue weighted by Gasteiger charge is -2.11. The van der Waals surface area contributed by atoms with E-state index in [0.29, 0.717) is 0 Å². The average molecular weight is 176 g/mol. The topological polar surface area (TPSA) is 0 Å². The molecule has 2 heteroatoms. The van der Waals surface area contributed by atoms with Crippen molar-refractivity contribution < 1.29 is 0 Å². The summed E-state index contributed by atoms with van der Waals surface area (Å²) in [6.45, 7) is 3.99. The minimum Gasteiger partial charge on any atom is -0.0867 e. The van der Waals surface area contributed by atoms with Gasteiger partial charge in [-0.15, -0.1) is 0 Å². The minimum atomic E-state index is 0.795. The fourth-order valence-corrected chi connectivity index (χ4v) is 1.68. The molecule has 0 atom stereocenters. The standard InChI is InChI=1S/C12H10B2/c1-7-3-5-9-6-4-8(2)12(14)10(9)11(7)13/h3-6H,1-2H3. The Morgan fingerprint density at radius 3 is 1.64 bits per heavy atom. The van der Waals surface area contributed by atoms with Gasteiger partial charge in [-0.1, -0.05) is 46.3 Å². The van der Waals surface area contributed by atoms with Crippen molar-refractivity contribution in [3.63, 3.8) is 0 Å². The SMILES string of the molecule is [B]c1c(C)ccc2ccc(C)c([B])c12. The highest BCUT2D eigenvalue weighted by Gasteiger charge is 2.03. The normalized spacial score (nSPS) is 10.7. The molecule has 0 saturated carbocycles. The molecule has 0 heterocycles. The molecule has 0 aromatic heterocycles. The van der Waals surface area contributed by atoms with Crippen molar-refractivity contribution in [1.82, 2.24) is 0 Å². The molecule has 0 spiro atoms. The molecule has 64 valence electrons. The van der Waals surface area contributed by atoms with Crippen molar-refractivity contribution >= 4 is 37.4 Å². The highest BCUT2D eigenvalue weighted by Crippen LogP contribution is 2.12. The molecule has 2 rings (SSSR count). The quantitative estimate of drug-likeness (QED) is 0.526. The van der Waals surface area contributed by atoms with Gasteiger partial charge in [-0.05, 0) is 24.6 Å². The van der Waals surface area contributed by atoms with Crippen LogP contribution in [0, 0.1) is 13.8 Å². The molecule has 0 aliphatic rings. The maximum Gasteiger partial charge on any atom is 0.115 e. The number of fused-ring (bicyclic) bond motifs is 1. The Labute approximate surface area is 87.1 Å². The van der Waals surface area contributed by atoms with Crippen LogP contribution < -0.4 is 10.9 Å². The zero-order valence-electron chi connectivity index (χ0n) is 8.46. The van der Waals surface area contributed by atoms with Crippen molar-refractivity contribution in [2.75, 3.05) is 0 Å². The third kappa shape index (κ3) is 1.26. The van der Waals surface area contributed by atoms with Crippen LogP contribution in [0.15, 0.2) is 24.3 Å². The maximum atomic E-state index is 6.01. The summed E-state index contributed by atoms with van der Waals surface area (Å²) in [5.74, 6) is 0. The van der Waals surface area contributed by atoms with Gasteiger partial charge >= 0.3 is 0 Å². The predicted molar refractivity (Wildman–Crippen MR) is 64.2 cm³/mol. The average Bonchev–Trinajstić information content (AvgIpc) is 2.17. The fraction of sp³-hybridized carbons (Fsp3) is 0.167. The van der Waals surface area contributed by atoms with Gasteiger partial charge < -0.3 is 0 Å². The van der Waals surface area contributed by atoms with E-state index in [1.54, 1.807) is 0 Å². The summed E-state index contributed by atoms with van der Waals surface area (Å²) < 4.78 is 0. The van der Waals surface area contributed by atoms with Gasteiger partial charge in [0, 0.05) is 0 Å². The molecule has 0 fully saturated rings. The van der Waals surface area contributed by atoms with E-state index in [-0.39, 0.29) is 0 Å². The van der Waals surface area contributed by atoms with Gasteiger partial charge in [0.15, 0.2) is 0 Å². The molecule has 14 heavy (non-hydrogen) atoms. The number of hydrogen-bond donors (Lipinski definition) is 0. The molecule has 0 N–H and O–H groups in total. The van der Waals surface area contributed by atoms with Crippen LogP contribution in [0.25, 0.3) is 10.8 Å². The minimum absolute atomic E-state index is 0.795. The van der Waals surface area contributed by atoms with E-state index in [1.807, 2.05) is 26.0 Å². The summed E-state index contributed by atoms with van der Waals surface area (Å²) in [5.41, 5.74) is 3.75. The summed E-state index contributed by atoms with van der Waals surface area (Å²) in [4.78, 5) is 0. The lowest BCUT2D eigenvalue weighted by molar-refractivity contribution is 1.52. The van der Waals surface area contributed by atoms with Crippen LogP contribution in [0.1, 0.15) is 11.1 Å². The first kappa shape index (κ1) is 9.39. The lowest BCUT2D eigenvalue weighted by Crippen LogP contribution is -2.19. The highest BCUT2D eigenvalue weighted by atomic mass is 14.0. The first-order chi connectivity index (χ1) is 6.61. The van der Waals surface area contributed by atoms with Crippen LogP contribution in [0.4, 0.5) is 0 Å². The maximum absolute atomic E-state index is 6.01. The van der Waals surface area contributed by atoms with Crippen molar-refractivity contribution in [2.45, 2.75) is 13.8 Å². The van der Waals surface area contributed by atoms with Crippen molar-refractivity contribution in [2.24, 2.45) is 0 Å². The van der Waals surface area contributed by atoms with E-state index in [0.717, 1.165) is 32.8 Å². The van der Waals surface area contributed by atoms with Crippen LogP contribution in [0.3, 0.4) is 0 Å². The number of benzene rings is 2. The van der Waals surface area contributed by atoms with Gasteiger partial charge in [-0.3, -0.25) is 0 Å². The van der Waals surface area contributed by atoms with Gasteiger partial charge in [0.25, 0.3) is 0 Å². The largest absolute Gasteiger partial charge is 0.115 e. The van der Waals surface area contributed by atoms with Crippen LogP contribution in [-0.4, -0.2) is 15.7 Å². The molecular weight excluding hydrogens is 166 g/mol. The molecule has 0 unspecified atom stereocenters. The van der Waals surface area contributed by atoms with E-state index >= 15 is 0 Å². The predicted octanol–water partition coefficient (Wildman–Crippen LogP) is 1.04. The molecule has 4 radical (unpaired) electrons. The van der Waals surface area contributed by atoms with Crippen molar-refractivity contribution in [3.8, 4) is 0 Å². The summed E-state index contributed by atoms with van der Waals surface area (Å²) in [7, 11) is 12.0. The van der Waals surface area contributed by atoms with Crippen LogP contribution >= 0.6 is 0 Å². The molecule has 0 bridgehead atoms. The third-order valence-corrected chi connectivity index (χ3v) is 2.70. The molecule has 0 nitrogen and oxygen atoms in total. The number of aryl methyl sites for hydroxylation is 2. The zero-order chi connectivity index (χ0) is 10.3. The van der Waals surface area contributed by atoms with Crippen molar-refractivity contribution in [1.29, 1.82) is 0 Å². The number of hydrogen-bond acceptors (Lipinski definition) is 0. The number of rotatable bonds is 0. The Bertz CT molecular complexity index is 458. The summed E-state index contributed by atoms with van der Waals surface area (Å²) in [5, 5.41) is 2.10. The summed E-state index contributed by atoms with van der Waals surface area (Å²) >= 11 is 0. The Morgan fingerprint density at radius 1 is 0.786 bits per heavy atom. The fourth-order valence-electron chi connectivity index (χ4n) is 1.68. The highest BCUT2D eigenvalue weighted by molar-refractivity contribution is 6.48. The van der Waals surface area contributed by atoms with Gasteiger partial charge in [0.1, 0.15) is 15.7 Å². The lowest BCUT2D eigenvalue weighted by atomic mass is 9.77. The second kappa shape index (κ2) is 3.20. The first-order valence-electron chi connectivity index (χ1n) is 4.65. The molecule has 0 amide bonds. The van der Waals surface area contributed by atoms with E-state index in [2.05, 4.69) is 12.1 Å². The smallest absolute Gasteiger partial charge is 0.0867 e. The second-order valence-electron chi connectivity index (χ2n) is 3.69. The third-order valence-electron chi connectivity index (χ3n) is 2.70. The van der Waals surface area contributed by atoms with Gasteiger partial charge in [-0.25, -0.2) is 0 Å². The summed E-state index contributed by atoms with van der Waals surface area (Å²) in [6.07, 6.45) is 0. The van der Waals surface area contributed by atoms with Gasteiger partial charge in [0.2, 0.25) is 0 Å². The Kier molecular flexibility index (Phi) is 2.14. The molecule has 0 saturated heterocycles. The molecule has 2 aromatic carbocycles. The Balaban J connectivity index is 2.98. The van der Waals surface area contributed by atoms with E-state index in [9.17, 15) is 0 Å². The molecule has 2 aromatic rings. The Morgan fingerprint density at radius 2 is 1.21 bits per heavy atom. The molecule has 0 aliphatic heterocycles. The molecular formula is C12H10B2.